The molecule has 10 heteroatoms. The van der Waals surface area contributed by atoms with Crippen molar-refractivity contribution in [2.75, 3.05) is 5.32 Å². The molecule has 4 fully saturated rings. The minimum absolute atomic E-state index is 0.102. The standard InChI is InChI=1S/C26H26ClN5O4/c1-16-4-2-3-5-22(16)36-21-8-19(7-20(9-21)32(34)35)29-23(33)25-10-17-6-18(11-25)13-26(12-17,14-25)31-15-28-24(27)30-31/h2-5,7-9,15,17-18H,6,10-14H2,1H3,(H,29,33)/t17-,18+,25?,26?. The molecule has 36 heavy (non-hydrogen) atoms. The van der Waals surface area contributed by atoms with Crippen LogP contribution in [0, 0.1) is 34.3 Å². The maximum Gasteiger partial charge on any atom is 0.275 e. The molecule has 4 bridgehead atoms. The molecule has 3 aromatic rings. The van der Waals surface area contributed by atoms with Crippen LogP contribution in [0.5, 0.6) is 11.5 Å². The van der Waals surface area contributed by atoms with Crippen molar-refractivity contribution >= 4 is 28.9 Å². The van der Waals surface area contributed by atoms with Gasteiger partial charge in [-0.15, -0.1) is 5.10 Å². The summed E-state index contributed by atoms with van der Waals surface area (Å²) in [4.78, 5) is 29.1. The maximum absolute atomic E-state index is 13.9. The van der Waals surface area contributed by atoms with Crippen molar-refractivity contribution in [2.45, 2.75) is 51.0 Å². The molecule has 1 amide bonds. The van der Waals surface area contributed by atoms with Gasteiger partial charge in [-0.05, 0) is 80.5 Å². The second-order valence-electron chi connectivity index (χ2n) is 10.7. The van der Waals surface area contributed by atoms with Gasteiger partial charge < -0.3 is 10.1 Å². The van der Waals surface area contributed by atoms with E-state index in [1.165, 1.54) is 12.1 Å². The molecule has 0 aliphatic heterocycles. The monoisotopic (exact) mass is 507 g/mol. The van der Waals surface area contributed by atoms with E-state index in [0.717, 1.165) is 37.7 Å². The molecule has 4 saturated carbocycles. The lowest BCUT2D eigenvalue weighted by Gasteiger charge is -2.60. The number of benzene rings is 2. The van der Waals surface area contributed by atoms with Crippen molar-refractivity contribution in [1.29, 1.82) is 0 Å². The summed E-state index contributed by atoms with van der Waals surface area (Å²) in [6, 6.07) is 11.8. The highest BCUT2D eigenvalue weighted by Gasteiger charge is 2.61. The number of aromatic nitrogens is 3. The fourth-order valence-electron chi connectivity index (χ4n) is 7.10. The summed E-state index contributed by atoms with van der Waals surface area (Å²) in [6.07, 6.45) is 6.98. The highest BCUT2D eigenvalue weighted by molar-refractivity contribution is 6.28. The van der Waals surface area contributed by atoms with E-state index in [2.05, 4.69) is 15.4 Å². The third kappa shape index (κ3) is 3.91. The number of carbonyl (C=O) groups is 1. The molecule has 186 valence electrons. The number of halogens is 1. The zero-order chi connectivity index (χ0) is 25.1. The van der Waals surface area contributed by atoms with Crippen LogP contribution in [0.25, 0.3) is 0 Å². The number of hydrogen-bond donors (Lipinski definition) is 1. The van der Waals surface area contributed by atoms with Crippen molar-refractivity contribution in [1.82, 2.24) is 14.8 Å². The summed E-state index contributed by atoms with van der Waals surface area (Å²) < 4.78 is 7.83. The van der Waals surface area contributed by atoms with Crippen LogP contribution < -0.4 is 10.1 Å². The number of para-hydroxylation sites is 1. The van der Waals surface area contributed by atoms with Crippen LogP contribution in [0.15, 0.2) is 48.8 Å². The molecule has 1 N–H and O–H groups in total. The molecular formula is C26H26ClN5O4. The molecule has 4 aliphatic rings. The molecule has 1 aromatic heterocycles. The Kier molecular flexibility index (Phi) is 5.29. The van der Waals surface area contributed by atoms with Gasteiger partial charge in [0.05, 0.1) is 27.6 Å². The van der Waals surface area contributed by atoms with Gasteiger partial charge in [-0.25, -0.2) is 9.67 Å². The van der Waals surface area contributed by atoms with E-state index in [1.807, 2.05) is 29.8 Å². The zero-order valence-corrected chi connectivity index (χ0v) is 20.6. The van der Waals surface area contributed by atoms with Crippen molar-refractivity contribution < 1.29 is 14.5 Å². The van der Waals surface area contributed by atoms with Crippen LogP contribution in [-0.4, -0.2) is 25.6 Å². The number of carbonyl (C=O) groups excluding carboxylic acids is 1. The van der Waals surface area contributed by atoms with Gasteiger partial charge in [0.2, 0.25) is 11.2 Å². The van der Waals surface area contributed by atoms with Gasteiger partial charge in [-0.1, -0.05) is 18.2 Å². The van der Waals surface area contributed by atoms with Gasteiger partial charge in [0.25, 0.3) is 5.69 Å². The van der Waals surface area contributed by atoms with Crippen LogP contribution in [0.4, 0.5) is 11.4 Å². The fraction of sp³-hybridized carbons (Fsp3) is 0.423. The largest absolute Gasteiger partial charge is 0.457 e. The van der Waals surface area contributed by atoms with E-state index >= 15 is 0 Å². The van der Waals surface area contributed by atoms with Gasteiger partial charge in [-0.3, -0.25) is 14.9 Å². The summed E-state index contributed by atoms with van der Waals surface area (Å²) in [7, 11) is 0. The predicted octanol–water partition coefficient (Wildman–Crippen LogP) is 5.87. The van der Waals surface area contributed by atoms with Crippen molar-refractivity contribution in [3.8, 4) is 11.5 Å². The van der Waals surface area contributed by atoms with Gasteiger partial charge >= 0.3 is 0 Å². The number of hydrogen-bond acceptors (Lipinski definition) is 6. The zero-order valence-electron chi connectivity index (χ0n) is 19.8. The molecule has 4 atom stereocenters. The summed E-state index contributed by atoms with van der Waals surface area (Å²) in [6.45, 7) is 1.90. The Morgan fingerprint density at radius 1 is 1.19 bits per heavy atom. The summed E-state index contributed by atoms with van der Waals surface area (Å²) in [5, 5.41) is 19.3. The number of nitrogens with one attached hydrogen (secondary N) is 1. The van der Waals surface area contributed by atoms with Crippen LogP contribution in [0.1, 0.15) is 44.1 Å². The number of anilines is 1. The van der Waals surface area contributed by atoms with E-state index in [0.29, 0.717) is 35.4 Å². The first-order valence-electron chi connectivity index (χ1n) is 12.2. The Labute approximate surface area is 213 Å². The van der Waals surface area contributed by atoms with Crippen LogP contribution in [0.3, 0.4) is 0 Å². The van der Waals surface area contributed by atoms with E-state index in [-0.39, 0.29) is 22.4 Å². The number of aryl methyl sites for hydroxylation is 1. The van der Waals surface area contributed by atoms with Crippen LogP contribution in [-0.2, 0) is 10.3 Å². The Bertz CT molecular complexity index is 1360. The molecule has 0 saturated heterocycles. The average molecular weight is 508 g/mol. The first-order valence-corrected chi connectivity index (χ1v) is 12.5. The fourth-order valence-corrected chi connectivity index (χ4v) is 7.23. The SMILES string of the molecule is Cc1ccccc1Oc1cc(NC(=O)C23C[C@H]4C[C@@H](C2)CC(n2cnc(Cl)n2)(C4)C3)cc([N+](=O)[O-])c1. The Hall–Kier alpha value is -3.46. The molecule has 0 radical (unpaired) electrons. The minimum atomic E-state index is -0.565. The Morgan fingerprint density at radius 2 is 1.94 bits per heavy atom. The lowest BCUT2D eigenvalue weighted by atomic mass is 9.46. The van der Waals surface area contributed by atoms with Crippen molar-refractivity contribution in [2.24, 2.45) is 17.3 Å². The maximum atomic E-state index is 13.9. The van der Waals surface area contributed by atoms with Crippen LogP contribution >= 0.6 is 11.6 Å². The number of rotatable bonds is 6. The quantitative estimate of drug-likeness (QED) is 0.329. The van der Waals surface area contributed by atoms with E-state index in [9.17, 15) is 14.9 Å². The Morgan fingerprint density at radius 3 is 2.61 bits per heavy atom. The average Bonchev–Trinajstić information content (AvgIpc) is 3.27. The number of non-ortho nitro benzene ring substituents is 1. The molecular weight excluding hydrogens is 482 g/mol. The first kappa shape index (κ1) is 23.0. The molecule has 4 aliphatic carbocycles. The predicted molar refractivity (Wildman–Crippen MR) is 133 cm³/mol. The number of ether oxygens (including phenoxy) is 1. The first-order chi connectivity index (χ1) is 17.2. The molecule has 1 heterocycles. The number of nitro groups is 1. The van der Waals surface area contributed by atoms with E-state index in [1.54, 1.807) is 18.5 Å². The molecule has 2 unspecified atom stereocenters. The Balaban J connectivity index is 1.30. The van der Waals surface area contributed by atoms with Crippen LogP contribution in [0.2, 0.25) is 5.28 Å². The van der Waals surface area contributed by atoms with E-state index < -0.39 is 10.3 Å². The van der Waals surface area contributed by atoms with Crippen molar-refractivity contribution in [3.05, 3.63) is 69.8 Å². The molecule has 7 rings (SSSR count). The van der Waals surface area contributed by atoms with Gasteiger partial charge in [0.1, 0.15) is 17.8 Å². The lowest BCUT2D eigenvalue weighted by Crippen LogP contribution is -2.60. The third-order valence-corrected chi connectivity index (χ3v) is 8.32. The second kappa shape index (κ2) is 8.30. The number of nitrogens with zero attached hydrogens (tertiary/aromatic N) is 4. The topological polar surface area (TPSA) is 112 Å². The third-order valence-electron chi connectivity index (χ3n) is 8.14. The number of amides is 1. The molecule has 9 nitrogen and oxygen atoms in total. The highest BCUT2D eigenvalue weighted by Crippen LogP contribution is 2.64. The lowest BCUT2D eigenvalue weighted by molar-refractivity contribution is -0.384. The highest BCUT2D eigenvalue weighted by atomic mass is 35.5. The van der Waals surface area contributed by atoms with Gasteiger partial charge in [0.15, 0.2) is 0 Å². The van der Waals surface area contributed by atoms with Gasteiger partial charge in [0, 0.05) is 12.1 Å². The summed E-state index contributed by atoms with van der Waals surface area (Å²) in [5.41, 5.74) is 0.275. The van der Waals surface area contributed by atoms with Gasteiger partial charge in [-0.2, -0.15) is 0 Å². The minimum Gasteiger partial charge on any atom is -0.457 e. The summed E-state index contributed by atoms with van der Waals surface area (Å²) in [5.74, 6) is 1.64. The second-order valence-corrected chi connectivity index (χ2v) is 11.1. The normalized spacial score (nSPS) is 28.2. The number of nitro benzene ring substituents is 1. The smallest absolute Gasteiger partial charge is 0.275 e. The summed E-state index contributed by atoms with van der Waals surface area (Å²) >= 11 is 6.04. The van der Waals surface area contributed by atoms with E-state index in [4.69, 9.17) is 16.3 Å². The molecule has 0 spiro atoms. The molecule has 2 aromatic carbocycles. The van der Waals surface area contributed by atoms with Crippen molar-refractivity contribution in [3.63, 3.8) is 0 Å².